The first-order valence-corrected chi connectivity index (χ1v) is 7.66. The van der Waals surface area contributed by atoms with E-state index in [2.05, 4.69) is 20.5 Å². The van der Waals surface area contributed by atoms with Crippen LogP contribution >= 0.6 is 11.8 Å². The molecule has 0 bridgehead atoms. The van der Waals surface area contributed by atoms with E-state index in [9.17, 15) is 9.59 Å². The summed E-state index contributed by atoms with van der Waals surface area (Å²) in [6.07, 6.45) is 0. The lowest BCUT2D eigenvalue weighted by Gasteiger charge is -2.05. The Morgan fingerprint density at radius 2 is 2.05 bits per heavy atom. The first-order chi connectivity index (χ1) is 10.6. The number of benzene rings is 1. The highest BCUT2D eigenvalue weighted by atomic mass is 32.2. The molecule has 0 aliphatic rings. The smallest absolute Gasteiger partial charge is 0.338 e. The molecule has 0 atom stereocenters. The van der Waals surface area contributed by atoms with Crippen molar-refractivity contribution < 1.29 is 14.3 Å². The number of aryl methyl sites for hydroxylation is 1. The van der Waals surface area contributed by atoms with Crippen molar-refractivity contribution in [2.45, 2.75) is 19.0 Å². The number of esters is 1. The van der Waals surface area contributed by atoms with Crippen molar-refractivity contribution in [1.82, 2.24) is 15.2 Å². The van der Waals surface area contributed by atoms with Crippen LogP contribution in [0.3, 0.4) is 0 Å². The highest BCUT2D eigenvalue weighted by Gasteiger charge is 2.09. The maximum absolute atomic E-state index is 11.8. The molecule has 0 spiro atoms. The Labute approximate surface area is 131 Å². The highest BCUT2D eigenvalue weighted by Crippen LogP contribution is 2.14. The molecule has 0 saturated carbocycles. The van der Waals surface area contributed by atoms with Gasteiger partial charge in [-0.1, -0.05) is 11.8 Å². The van der Waals surface area contributed by atoms with Gasteiger partial charge < -0.3 is 10.1 Å². The number of aromatic amines is 1. The number of hydrogen-bond donors (Lipinski definition) is 2. The Hall–Kier alpha value is -2.35. The van der Waals surface area contributed by atoms with Crippen molar-refractivity contribution in [3.05, 3.63) is 35.7 Å². The van der Waals surface area contributed by atoms with E-state index in [0.29, 0.717) is 28.8 Å². The van der Waals surface area contributed by atoms with Gasteiger partial charge in [-0.05, 0) is 38.1 Å². The first-order valence-electron chi connectivity index (χ1n) is 6.67. The summed E-state index contributed by atoms with van der Waals surface area (Å²) in [6, 6.07) is 6.54. The van der Waals surface area contributed by atoms with E-state index in [1.54, 1.807) is 38.1 Å². The number of nitrogens with one attached hydrogen (secondary N) is 2. The maximum atomic E-state index is 11.8. The molecule has 0 fully saturated rings. The molecule has 0 aliphatic carbocycles. The van der Waals surface area contributed by atoms with Gasteiger partial charge in [-0.2, -0.15) is 0 Å². The number of carbonyl (C=O) groups is 2. The number of nitrogens with zero attached hydrogens (tertiary/aromatic N) is 2. The third-order valence-corrected chi connectivity index (χ3v) is 3.44. The molecule has 2 rings (SSSR count). The van der Waals surface area contributed by atoms with Crippen LogP contribution in [-0.2, 0) is 9.53 Å². The van der Waals surface area contributed by atoms with Gasteiger partial charge in [0.15, 0.2) is 0 Å². The monoisotopic (exact) mass is 320 g/mol. The molecular weight excluding hydrogens is 304 g/mol. The number of carbonyl (C=O) groups excluding carboxylic acids is 2. The fraction of sp³-hybridized carbons (Fsp3) is 0.286. The second-order valence-electron chi connectivity index (χ2n) is 4.34. The Morgan fingerprint density at radius 3 is 2.64 bits per heavy atom. The van der Waals surface area contributed by atoms with E-state index in [0.717, 1.165) is 0 Å². The summed E-state index contributed by atoms with van der Waals surface area (Å²) in [5.41, 5.74) is 1.07. The molecule has 7 nitrogen and oxygen atoms in total. The number of thioether (sulfide) groups is 1. The van der Waals surface area contributed by atoms with Gasteiger partial charge in [0.1, 0.15) is 5.82 Å². The van der Waals surface area contributed by atoms with Crippen LogP contribution < -0.4 is 5.32 Å². The number of hydrogen-bond acceptors (Lipinski definition) is 6. The molecule has 0 saturated heterocycles. The largest absolute Gasteiger partial charge is 0.462 e. The van der Waals surface area contributed by atoms with Crippen molar-refractivity contribution in [1.29, 1.82) is 0 Å². The lowest BCUT2D eigenvalue weighted by atomic mass is 10.2. The number of ether oxygens (including phenoxy) is 1. The van der Waals surface area contributed by atoms with E-state index in [-0.39, 0.29) is 17.6 Å². The van der Waals surface area contributed by atoms with E-state index in [1.165, 1.54) is 11.8 Å². The van der Waals surface area contributed by atoms with Gasteiger partial charge in [0, 0.05) is 5.69 Å². The van der Waals surface area contributed by atoms with Crippen LogP contribution in [0.5, 0.6) is 0 Å². The maximum Gasteiger partial charge on any atom is 0.338 e. The predicted molar refractivity (Wildman–Crippen MR) is 82.9 cm³/mol. The fourth-order valence-electron chi connectivity index (χ4n) is 1.62. The molecule has 2 aromatic rings. The van der Waals surface area contributed by atoms with Gasteiger partial charge in [-0.3, -0.25) is 9.89 Å². The van der Waals surface area contributed by atoms with Crippen molar-refractivity contribution in [2.75, 3.05) is 17.7 Å². The fourth-order valence-corrected chi connectivity index (χ4v) is 2.26. The summed E-state index contributed by atoms with van der Waals surface area (Å²) >= 11 is 1.24. The Balaban J connectivity index is 1.85. The Kier molecular flexibility index (Phi) is 5.54. The van der Waals surface area contributed by atoms with Crippen LogP contribution in [0.15, 0.2) is 29.4 Å². The molecule has 1 aromatic carbocycles. The summed E-state index contributed by atoms with van der Waals surface area (Å²) in [5, 5.41) is 9.92. The van der Waals surface area contributed by atoms with Crippen molar-refractivity contribution in [3.63, 3.8) is 0 Å². The van der Waals surface area contributed by atoms with Gasteiger partial charge in [-0.25, -0.2) is 9.78 Å². The highest BCUT2D eigenvalue weighted by molar-refractivity contribution is 7.99. The zero-order chi connectivity index (χ0) is 15.9. The second-order valence-corrected chi connectivity index (χ2v) is 5.28. The summed E-state index contributed by atoms with van der Waals surface area (Å²) < 4.78 is 4.89. The molecule has 0 radical (unpaired) electrons. The number of aromatic nitrogens is 3. The third-order valence-electron chi connectivity index (χ3n) is 2.59. The minimum absolute atomic E-state index is 0.170. The average molecular weight is 320 g/mol. The van der Waals surface area contributed by atoms with E-state index in [4.69, 9.17) is 4.74 Å². The molecule has 0 aliphatic heterocycles. The van der Waals surface area contributed by atoms with Crippen LogP contribution in [-0.4, -0.2) is 39.4 Å². The van der Waals surface area contributed by atoms with Gasteiger partial charge in [0.2, 0.25) is 11.1 Å². The second kappa shape index (κ2) is 7.60. The molecule has 8 heteroatoms. The number of anilines is 1. The van der Waals surface area contributed by atoms with Gasteiger partial charge in [-0.15, -0.1) is 5.10 Å². The normalized spacial score (nSPS) is 10.3. The minimum atomic E-state index is -0.379. The van der Waals surface area contributed by atoms with Crippen LogP contribution in [0, 0.1) is 6.92 Å². The van der Waals surface area contributed by atoms with Gasteiger partial charge in [0.05, 0.1) is 17.9 Å². The molecule has 22 heavy (non-hydrogen) atoms. The van der Waals surface area contributed by atoms with Gasteiger partial charge in [0.25, 0.3) is 0 Å². The zero-order valence-electron chi connectivity index (χ0n) is 12.3. The summed E-state index contributed by atoms with van der Waals surface area (Å²) in [5.74, 6) is 0.362. The van der Waals surface area contributed by atoms with Crippen molar-refractivity contribution in [2.24, 2.45) is 0 Å². The third kappa shape index (κ3) is 4.59. The van der Waals surface area contributed by atoms with Crippen LogP contribution in [0.4, 0.5) is 5.69 Å². The molecular formula is C14H16N4O3S. The zero-order valence-corrected chi connectivity index (χ0v) is 13.1. The topological polar surface area (TPSA) is 97.0 Å². The molecule has 0 unspecified atom stereocenters. The van der Waals surface area contributed by atoms with E-state index < -0.39 is 0 Å². The summed E-state index contributed by atoms with van der Waals surface area (Å²) in [7, 11) is 0. The SMILES string of the molecule is CCOC(=O)c1ccc(NC(=O)CSc2n[nH]c(C)n2)cc1. The molecule has 2 N–H and O–H groups in total. The average Bonchev–Trinajstić information content (AvgIpc) is 2.92. The van der Waals surface area contributed by atoms with Crippen LogP contribution in [0.2, 0.25) is 0 Å². The standard InChI is InChI=1S/C14H16N4O3S/c1-3-21-13(20)10-4-6-11(7-5-10)16-12(19)8-22-14-15-9(2)17-18-14/h4-7H,3,8H2,1-2H3,(H,16,19)(H,15,17,18). The van der Waals surface area contributed by atoms with E-state index in [1.807, 2.05) is 0 Å². The minimum Gasteiger partial charge on any atom is -0.462 e. The predicted octanol–water partition coefficient (Wildman–Crippen LogP) is 2.02. The molecule has 1 aromatic heterocycles. The molecule has 1 amide bonds. The summed E-state index contributed by atoms with van der Waals surface area (Å²) in [4.78, 5) is 27.4. The molecule has 1 heterocycles. The first kappa shape index (κ1) is 16.0. The van der Waals surface area contributed by atoms with Crippen molar-refractivity contribution in [3.8, 4) is 0 Å². The number of H-pyrrole nitrogens is 1. The lowest BCUT2D eigenvalue weighted by Crippen LogP contribution is -2.14. The van der Waals surface area contributed by atoms with Crippen molar-refractivity contribution >= 4 is 29.3 Å². The quantitative estimate of drug-likeness (QED) is 0.624. The Bertz CT molecular complexity index is 654. The molecule has 116 valence electrons. The lowest BCUT2D eigenvalue weighted by molar-refractivity contribution is -0.113. The van der Waals surface area contributed by atoms with Crippen LogP contribution in [0.1, 0.15) is 23.1 Å². The van der Waals surface area contributed by atoms with E-state index >= 15 is 0 Å². The summed E-state index contributed by atoms with van der Waals surface area (Å²) in [6.45, 7) is 3.87. The Morgan fingerprint density at radius 1 is 1.32 bits per heavy atom. The van der Waals surface area contributed by atoms with Crippen LogP contribution in [0.25, 0.3) is 0 Å². The number of rotatable bonds is 6. The number of amides is 1. The van der Waals surface area contributed by atoms with Gasteiger partial charge >= 0.3 is 5.97 Å².